The first-order valence-corrected chi connectivity index (χ1v) is 9.28. The fourth-order valence-corrected chi connectivity index (χ4v) is 3.07. The lowest BCUT2D eigenvalue weighted by Crippen LogP contribution is -2.10. The summed E-state index contributed by atoms with van der Waals surface area (Å²) < 4.78 is 12.6. The third-order valence-corrected chi connectivity index (χ3v) is 4.56. The van der Waals surface area contributed by atoms with Crippen LogP contribution in [-0.4, -0.2) is 34.0 Å². The highest BCUT2D eigenvalue weighted by atomic mass is 16.5. The summed E-state index contributed by atoms with van der Waals surface area (Å²) in [7, 11) is 1.53. The first-order chi connectivity index (χ1) is 15.1. The number of amides is 1. The number of anilines is 2. The van der Waals surface area contributed by atoms with Crippen molar-refractivity contribution < 1.29 is 14.3 Å². The quantitative estimate of drug-likeness (QED) is 0.475. The van der Waals surface area contributed by atoms with E-state index in [1.165, 1.54) is 7.11 Å². The van der Waals surface area contributed by atoms with Crippen molar-refractivity contribution in [3.63, 3.8) is 0 Å². The van der Waals surface area contributed by atoms with Crippen LogP contribution in [0.25, 0.3) is 16.9 Å². The predicted molar refractivity (Wildman–Crippen MR) is 114 cm³/mol. The number of aromatic nitrogens is 3. The highest BCUT2D eigenvalue weighted by Gasteiger charge is 2.12. The summed E-state index contributed by atoms with van der Waals surface area (Å²) in [6, 6.07) is 14.1. The van der Waals surface area contributed by atoms with Crippen LogP contribution < -0.4 is 20.5 Å². The van der Waals surface area contributed by atoms with Crippen LogP contribution in [-0.2, 0) is 0 Å². The minimum atomic E-state index is -0.483. The molecule has 3 N–H and O–H groups in total. The Morgan fingerprint density at radius 1 is 1.23 bits per heavy atom. The molecule has 0 unspecified atom stereocenters. The first kappa shape index (κ1) is 19.7. The maximum atomic E-state index is 11.3. The zero-order chi connectivity index (χ0) is 21.8. The van der Waals surface area contributed by atoms with Crippen molar-refractivity contribution in [3.8, 4) is 28.8 Å². The van der Waals surface area contributed by atoms with Gasteiger partial charge in [0.05, 0.1) is 12.8 Å². The Kier molecular flexibility index (Phi) is 5.36. The van der Waals surface area contributed by atoms with Gasteiger partial charge in [0.15, 0.2) is 29.6 Å². The lowest BCUT2D eigenvalue weighted by Gasteiger charge is -2.13. The molecule has 0 spiro atoms. The Labute approximate surface area is 177 Å². The third-order valence-electron chi connectivity index (χ3n) is 4.56. The molecule has 1 amide bonds. The minimum Gasteiger partial charge on any atom is -0.493 e. The fraction of sp³-hybridized carbons (Fsp3) is 0.0909. The SMILES string of the molecule is COc1cc(Nc2nc(-c3ccc(C(N)=O)cc3)cn3ccnc23)ccc1OCC#N. The molecule has 154 valence electrons. The summed E-state index contributed by atoms with van der Waals surface area (Å²) >= 11 is 0. The van der Waals surface area contributed by atoms with Gasteiger partial charge < -0.3 is 24.9 Å². The lowest BCUT2D eigenvalue weighted by molar-refractivity contribution is 0.100. The molecule has 0 saturated heterocycles. The van der Waals surface area contributed by atoms with Gasteiger partial charge >= 0.3 is 0 Å². The Balaban J connectivity index is 1.70. The second-order valence-corrected chi connectivity index (χ2v) is 6.51. The van der Waals surface area contributed by atoms with Crippen LogP contribution in [0, 0.1) is 11.3 Å². The van der Waals surface area contributed by atoms with Gasteiger partial charge in [-0.25, -0.2) is 9.97 Å². The van der Waals surface area contributed by atoms with E-state index < -0.39 is 5.91 Å². The zero-order valence-corrected chi connectivity index (χ0v) is 16.6. The maximum absolute atomic E-state index is 11.3. The summed E-state index contributed by atoms with van der Waals surface area (Å²) in [5.74, 6) is 1.01. The molecule has 0 bridgehead atoms. The van der Waals surface area contributed by atoms with E-state index in [4.69, 9.17) is 25.5 Å². The van der Waals surface area contributed by atoms with E-state index >= 15 is 0 Å². The number of ether oxygens (including phenoxy) is 2. The highest BCUT2D eigenvalue weighted by Crippen LogP contribution is 2.32. The van der Waals surface area contributed by atoms with Gasteiger partial charge in [0.25, 0.3) is 0 Å². The number of methoxy groups -OCH3 is 1. The van der Waals surface area contributed by atoms with Gasteiger partial charge in [-0.2, -0.15) is 5.26 Å². The molecule has 31 heavy (non-hydrogen) atoms. The van der Waals surface area contributed by atoms with E-state index in [-0.39, 0.29) is 6.61 Å². The first-order valence-electron chi connectivity index (χ1n) is 9.28. The van der Waals surface area contributed by atoms with E-state index in [9.17, 15) is 4.79 Å². The van der Waals surface area contributed by atoms with Gasteiger partial charge in [0.2, 0.25) is 5.91 Å². The number of nitrogens with two attached hydrogens (primary N) is 1. The molecule has 0 atom stereocenters. The number of imidazole rings is 1. The van der Waals surface area contributed by atoms with Crippen molar-refractivity contribution in [2.75, 3.05) is 19.0 Å². The average molecular weight is 414 g/mol. The highest BCUT2D eigenvalue weighted by molar-refractivity contribution is 5.93. The Bertz CT molecular complexity index is 1290. The van der Waals surface area contributed by atoms with Crippen molar-refractivity contribution in [1.29, 1.82) is 5.26 Å². The number of nitrogens with zero attached hydrogens (tertiary/aromatic N) is 4. The number of hydrogen-bond donors (Lipinski definition) is 2. The van der Waals surface area contributed by atoms with E-state index in [0.29, 0.717) is 39.9 Å². The second kappa shape index (κ2) is 8.42. The van der Waals surface area contributed by atoms with Crippen molar-refractivity contribution in [2.45, 2.75) is 0 Å². The molecule has 2 aromatic heterocycles. The number of nitriles is 1. The second-order valence-electron chi connectivity index (χ2n) is 6.51. The van der Waals surface area contributed by atoms with Crippen LogP contribution >= 0.6 is 0 Å². The monoisotopic (exact) mass is 414 g/mol. The van der Waals surface area contributed by atoms with E-state index in [1.54, 1.807) is 48.7 Å². The zero-order valence-electron chi connectivity index (χ0n) is 16.6. The van der Waals surface area contributed by atoms with Crippen molar-refractivity contribution in [1.82, 2.24) is 14.4 Å². The molecule has 4 rings (SSSR count). The van der Waals surface area contributed by atoms with Crippen LogP contribution in [0.2, 0.25) is 0 Å². The van der Waals surface area contributed by atoms with Crippen LogP contribution in [0.5, 0.6) is 11.5 Å². The molecular formula is C22H18N6O3. The van der Waals surface area contributed by atoms with Gasteiger partial charge in [-0.3, -0.25) is 4.79 Å². The summed E-state index contributed by atoms with van der Waals surface area (Å²) in [5, 5.41) is 12.0. The predicted octanol–water partition coefficient (Wildman–Crippen LogP) is 3.15. The van der Waals surface area contributed by atoms with E-state index in [2.05, 4.69) is 10.3 Å². The largest absolute Gasteiger partial charge is 0.493 e. The standard InChI is InChI=1S/C22H18N6O3/c1-30-19-12-16(6-7-18(19)31-11-8-23)26-21-22-25-9-10-28(22)13-17(27-21)14-2-4-15(5-3-14)20(24)29/h2-7,9-10,12-13H,11H2,1H3,(H2,24,29)(H,26,27). The number of fused-ring (bicyclic) bond motifs is 1. The number of hydrogen-bond acceptors (Lipinski definition) is 7. The van der Waals surface area contributed by atoms with Crippen molar-refractivity contribution in [3.05, 3.63) is 66.6 Å². The number of benzene rings is 2. The smallest absolute Gasteiger partial charge is 0.248 e. The summed E-state index contributed by atoms with van der Waals surface area (Å²) in [6.07, 6.45) is 5.36. The van der Waals surface area contributed by atoms with Crippen LogP contribution in [0.4, 0.5) is 11.5 Å². The van der Waals surface area contributed by atoms with Crippen molar-refractivity contribution >= 4 is 23.1 Å². The number of carbonyl (C=O) groups excluding carboxylic acids is 1. The van der Waals surface area contributed by atoms with Crippen LogP contribution in [0.3, 0.4) is 0 Å². The van der Waals surface area contributed by atoms with E-state index in [0.717, 1.165) is 5.56 Å². The molecule has 0 radical (unpaired) electrons. The number of carbonyl (C=O) groups is 1. The number of nitrogens with one attached hydrogen (secondary N) is 1. The molecule has 2 heterocycles. The van der Waals surface area contributed by atoms with Crippen LogP contribution in [0.1, 0.15) is 10.4 Å². The molecule has 2 aromatic carbocycles. The summed E-state index contributed by atoms with van der Waals surface area (Å²) in [5.41, 5.74) is 8.60. The Morgan fingerprint density at radius 2 is 2.03 bits per heavy atom. The molecule has 0 aliphatic rings. The molecular weight excluding hydrogens is 396 g/mol. The summed E-state index contributed by atoms with van der Waals surface area (Å²) in [6.45, 7) is -0.0734. The number of rotatable bonds is 7. The molecule has 9 heteroatoms. The molecule has 4 aromatic rings. The van der Waals surface area contributed by atoms with Gasteiger partial charge in [0, 0.05) is 41.5 Å². The van der Waals surface area contributed by atoms with Crippen molar-refractivity contribution in [2.24, 2.45) is 5.73 Å². The van der Waals surface area contributed by atoms with Gasteiger partial charge in [-0.05, 0) is 24.3 Å². The minimum absolute atomic E-state index is 0.0734. The van der Waals surface area contributed by atoms with Gasteiger partial charge in [-0.15, -0.1) is 0 Å². The van der Waals surface area contributed by atoms with Gasteiger partial charge in [0.1, 0.15) is 6.07 Å². The normalized spacial score (nSPS) is 10.5. The topological polar surface area (TPSA) is 128 Å². The number of primary amides is 1. The van der Waals surface area contributed by atoms with Crippen LogP contribution in [0.15, 0.2) is 61.1 Å². The maximum Gasteiger partial charge on any atom is 0.248 e. The average Bonchev–Trinajstić information content (AvgIpc) is 3.27. The third kappa shape index (κ3) is 4.09. The molecule has 0 aliphatic carbocycles. The Morgan fingerprint density at radius 3 is 2.74 bits per heavy atom. The Hall–Kier alpha value is -4.58. The fourth-order valence-electron chi connectivity index (χ4n) is 3.07. The van der Waals surface area contributed by atoms with Gasteiger partial charge in [-0.1, -0.05) is 12.1 Å². The van der Waals surface area contributed by atoms with E-state index in [1.807, 2.05) is 22.9 Å². The molecule has 0 fully saturated rings. The molecule has 0 saturated carbocycles. The summed E-state index contributed by atoms with van der Waals surface area (Å²) in [4.78, 5) is 20.4. The molecule has 0 aliphatic heterocycles. The molecule has 9 nitrogen and oxygen atoms in total. The lowest BCUT2D eigenvalue weighted by atomic mass is 10.1.